The van der Waals surface area contributed by atoms with Crippen LogP contribution in [0.4, 0.5) is 10.1 Å². The first kappa shape index (κ1) is 18.2. The van der Waals surface area contributed by atoms with Gasteiger partial charge in [0, 0.05) is 10.7 Å². The first-order chi connectivity index (χ1) is 12.4. The minimum Gasteiger partial charge on any atom is -0.492 e. The number of ether oxygens (including phenoxy) is 2. The van der Waals surface area contributed by atoms with Crippen LogP contribution in [0.2, 0.25) is 5.02 Å². The molecular formula is C19H17ClFNO4. The molecule has 3 rings (SSSR count). The lowest BCUT2D eigenvalue weighted by Gasteiger charge is -2.24. The van der Waals surface area contributed by atoms with Crippen LogP contribution in [0.25, 0.3) is 0 Å². The Kier molecular flexibility index (Phi) is 5.42. The summed E-state index contributed by atoms with van der Waals surface area (Å²) in [6, 6.07) is 9.57. The van der Waals surface area contributed by atoms with E-state index in [2.05, 4.69) is 5.32 Å². The quantitative estimate of drug-likeness (QED) is 0.828. The third-order valence-electron chi connectivity index (χ3n) is 4.06. The van der Waals surface area contributed by atoms with E-state index in [0.717, 1.165) is 5.56 Å². The molecule has 2 aromatic rings. The Labute approximate surface area is 155 Å². The van der Waals surface area contributed by atoms with Gasteiger partial charge < -0.3 is 14.8 Å². The number of anilines is 1. The molecule has 1 heterocycles. The number of fused-ring (bicyclic) bond motifs is 1. The zero-order chi connectivity index (χ0) is 18.7. The molecular weight excluding hydrogens is 361 g/mol. The van der Waals surface area contributed by atoms with Crippen molar-refractivity contribution in [2.75, 3.05) is 18.5 Å². The second kappa shape index (κ2) is 7.74. The van der Waals surface area contributed by atoms with Gasteiger partial charge in [0.15, 0.2) is 6.61 Å². The van der Waals surface area contributed by atoms with Crippen LogP contribution in [0.1, 0.15) is 11.1 Å². The summed E-state index contributed by atoms with van der Waals surface area (Å²) in [6.45, 7) is 1.35. The summed E-state index contributed by atoms with van der Waals surface area (Å²) in [4.78, 5) is 24.1. The van der Waals surface area contributed by atoms with Crippen LogP contribution in [0.5, 0.6) is 5.75 Å². The zero-order valence-corrected chi connectivity index (χ0v) is 14.8. The van der Waals surface area contributed by atoms with Crippen molar-refractivity contribution in [1.29, 1.82) is 0 Å². The molecule has 1 N–H and O–H groups in total. The molecule has 26 heavy (non-hydrogen) atoms. The Balaban J connectivity index is 1.52. The molecule has 0 bridgehead atoms. The number of hydrogen-bond acceptors (Lipinski definition) is 4. The summed E-state index contributed by atoms with van der Waals surface area (Å²) in [7, 11) is 0. The van der Waals surface area contributed by atoms with Gasteiger partial charge in [-0.1, -0.05) is 17.7 Å². The number of carbonyl (C=O) groups is 2. The molecule has 1 aliphatic heterocycles. The molecule has 136 valence electrons. The molecule has 1 atom stereocenters. The molecule has 7 heteroatoms. The number of hydrogen-bond donors (Lipinski definition) is 1. The molecule has 0 aliphatic carbocycles. The van der Waals surface area contributed by atoms with Gasteiger partial charge in [0.25, 0.3) is 5.91 Å². The molecule has 1 aliphatic rings. The van der Waals surface area contributed by atoms with Crippen molar-refractivity contribution in [3.8, 4) is 5.75 Å². The Bertz CT molecular complexity index is 855. The molecule has 0 spiro atoms. The van der Waals surface area contributed by atoms with Crippen LogP contribution < -0.4 is 10.1 Å². The third kappa shape index (κ3) is 4.32. The van der Waals surface area contributed by atoms with Crippen molar-refractivity contribution in [2.24, 2.45) is 5.92 Å². The minimum absolute atomic E-state index is 0.179. The van der Waals surface area contributed by atoms with Gasteiger partial charge in [0.1, 0.15) is 18.2 Å². The molecule has 0 aromatic heterocycles. The van der Waals surface area contributed by atoms with E-state index in [-0.39, 0.29) is 6.61 Å². The van der Waals surface area contributed by atoms with Crippen molar-refractivity contribution in [2.45, 2.75) is 13.3 Å². The predicted octanol–water partition coefficient (Wildman–Crippen LogP) is 3.52. The highest BCUT2D eigenvalue weighted by Crippen LogP contribution is 2.30. The molecule has 0 saturated heterocycles. The van der Waals surface area contributed by atoms with Gasteiger partial charge in [-0.15, -0.1) is 0 Å². The predicted molar refractivity (Wildman–Crippen MR) is 94.9 cm³/mol. The third-order valence-corrected chi connectivity index (χ3v) is 4.30. The van der Waals surface area contributed by atoms with Crippen LogP contribution in [0.15, 0.2) is 36.4 Å². The number of halogens is 2. The Hall–Kier alpha value is -2.60. The summed E-state index contributed by atoms with van der Waals surface area (Å²) < 4.78 is 24.1. The van der Waals surface area contributed by atoms with Gasteiger partial charge in [-0.25, -0.2) is 4.39 Å². The standard InChI is InChI=1S/C19H17ClFNO4/c1-11-2-4-15(8-16(11)21)22-18(23)10-26-19(24)13-6-12-7-14(20)3-5-17(12)25-9-13/h2-5,7-8,13H,6,9-10H2,1H3,(H,22,23)/t13-/m0/s1. The lowest BCUT2D eigenvalue weighted by molar-refractivity contribution is -0.152. The lowest BCUT2D eigenvalue weighted by Crippen LogP contribution is -2.32. The first-order valence-electron chi connectivity index (χ1n) is 8.06. The highest BCUT2D eigenvalue weighted by molar-refractivity contribution is 6.30. The molecule has 0 radical (unpaired) electrons. The van der Waals surface area contributed by atoms with Crippen molar-refractivity contribution in [1.82, 2.24) is 0 Å². The van der Waals surface area contributed by atoms with Crippen LogP contribution in [-0.4, -0.2) is 25.1 Å². The molecule has 0 fully saturated rings. The van der Waals surface area contributed by atoms with E-state index in [4.69, 9.17) is 21.1 Å². The second-order valence-corrected chi connectivity index (χ2v) is 6.52. The Morgan fingerprint density at radius 1 is 1.31 bits per heavy atom. The van der Waals surface area contributed by atoms with E-state index in [0.29, 0.717) is 28.4 Å². The maximum absolute atomic E-state index is 13.5. The fourth-order valence-corrected chi connectivity index (χ4v) is 2.83. The van der Waals surface area contributed by atoms with E-state index >= 15 is 0 Å². The highest BCUT2D eigenvalue weighted by Gasteiger charge is 2.28. The molecule has 1 amide bonds. The maximum atomic E-state index is 13.5. The normalized spacial score (nSPS) is 15.6. The highest BCUT2D eigenvalue weighted by atomic mass is 35.5. The van der Waals surface area contributed by atoms with Crippen molar-refractivity contribution >= 4 is 29.2 Å². The lowest BCUT2D eigenvalue weighted by atomic mass is 9.97. The Morgan fingerprint density at radius 3 is 2.88 bits per heavy atom. The monoisotopic (exact) mass is 377 g/mol. The second-order valence-electron chi connectivity index (χ2n) is 6.08. The summed E-state index contributed by atoms with van der Waals surface area (Å²) in [6.07, 6.45) is 0.430. The largest absolute Gasteiger partial charge is 0.492 e. The van der Waals surface area contributed by atoms with Crippen molar-refractivity contribution in [3.63, 3.8) is 0 Å². The van der Waals surface area contributed by atoms with Gasteiger partial charge in [-0.05, 0) is 54.8 Å². The SMILES string of the molecule is Cc1ccc(NC(=O)COC(=O)[C@@H]2COc3ccc(Cl)cc3C2)cc1F. The van der Waals surface area contributed by atoms with Gasteiger partial charge in [0.2, 0.25) is 0 Å². The molecule has 0 saturated carbocycles. The van der Waals surface area contributed by atoms with Gasteiger partial charge in [-0.3, -0.25) is 9.59 Å². The Morgan fingerprint density at radius 2 is 2.12 bits per heavy atom. The van der Waals surface area contributed by atoms with Crippen LogP contribution in [-0.2, 0) is 20.7 Å². The van der Waals surface area contributed by atoms with Crippen LogP contribution in [0.3, 0.4) is 0 Å². The number of carbonyl (C=O) groups excluding carboxylic acids is 2. The fourth-order valence-electron chi connectivity index (χ4n) is 2.64. The van der Waals surface area contributed by atoms with Crippen molar-refractivity contribution < 1.29 is 23.5 Å². The van der Waals surface area contributed by atoms with Gasteiger partial charge >= 0.3 is 5.97 Å². The van der Waals surface area contributed by atoms with E-state index < -0.39 is 30.2 Å². The molecule has 2 aromatic carbocycles. The van der Waals surface area contributed by atoms with Crippen molar-refractivity contribution in [3.05, 3.63) is 58.4 Å². The van der Waals surface area contributed by atoms with E-state index in [1.807, 2.05) is 0 Å². The minimum atomic E-state index is -0.540. The number of rotatable bonds is 4. The smallest absolute Gasteiger partial charge is 0.313 e. The van der Waals surface area contributed by atoms with Gasteiger partial charge in [0.05, 0.1) is 5.92 Å². The summed E-state index contributed by atoms with van der Waals surface area (Å²) in [5, 5.41) is 3.05. The van der Waals surface area contributed by atoms with E-state index in [9.17, 15) is 14.0 Å². The average molecular weight is 378 g/mol. The molecule has 0 unspecified atom stereocenters. The maximum Gasteiger partial charge on any atom is 0.313 e. The zero-order valence-electron chi connectivity index (χ0n) is 14.1. The topological polar surface area (TPSA) is 64.6 Å². The van der Waals surface area contributed by atoms with Crippen LogP contribution in [0, 0.1) is 18.7 Å². The number of nitrogens with one attached hydrogen (secondary N) is 1. The van der Waals surface area contributed by atoms with E-state index in [1.165, 1.54) is 6.07 Å². The summed E-state index contributed by atoms with van der Waals surface area (Å²) in [5.74, 6) is -1.30. The number of aryl methyl sites for hydroxylation is 1. The fraction of sp³-hybridized carbons (Fsp3) is 0.263. The number of benzene rings is 2. The van der Waals surface area contributed by atoms with E-state index in [1.54, 1.807) is 37.3 Å². The number of amides is 1. The first-order valence-corrected chi connectivity index (χ1v) is 8.44. The summed E-state index contributed by atoms with van der Waals surface area (Å²) in [5.41, 5.74) is 1.61. The van der Waals surface area contributed by atoms with Crippen LogP contribution >= 0.6 is 11.6 Å². The number of esters is 1. The average Bonchev–Trinajstić information content (AvgIpc) is 2.62. The molecule has 5 nitrogen and oxygen atoms in total. The summed E-state index contributed by atoms with van der Waals surface area (Å²) >= 11 is 5.95. The van der Waals surface area contributed by atoms with Gasteiger partial charge in [-0.2, -0.15) is 0 Å².